The molecule has 0 aliphatic carbocycles. The topological polar surface area (TPSA) is 53.4 Å². The summed E-state index contributed by atoms with van der Waals surface area (Å²) in [5, 5.41) is 9.16. The SMILES string of the molecule is CC1CCCN(c2ccc(Cl)c(C(=O)O)n2)C1. The lowest BCUT2D eigenvalue weighted by Gasteiger charge is -2.32. The Kier molecular flexibility index (Phi) is 3.52. The molecular weight excluding hydrogens is 240 g/mol. The van der Waals surface area contributed by atoms with Crippen LogP contribution in [0.25, 0.3) is 0 Å². The predicted octanol–water partition coefficient (Wildman–Crippen LogP) is 2.67. The number of aromatic nitrogens is 1. The first kappa shape index (κ1) is 12.2. The van der Waals surface area contributed by atoms with Gasteiger partial charge in [0.25, 0.3) is 0 Å². The van der Waals surface area contributed by atoms with E-state index in [9.17, 15) is 4.79 Å². The van der Waals surface area contributed by atoms with Crippen LogP contribution in [0.4, 0.5) is 5.82 Å². The van der Waals surface area contributed by atoms with E-state index in [1.807, 2.05) is 0 Å². The standard InChI is InChI=1S/C12H15ClN2O2/c1-8-3-2-6-15(7-8)10-5-4-9(13)11(14-10)12(16)17/h4-5,8H,2-3,6-7H2,1H3,(H,16,17). The van der Waals surface area contributed by atoms with Gasteiger partial charge in [0.05, 0.1) is 5.02 Å². The number of pyridine rings is 1. The van der Waals surface area contributed by atoms with Gasteiger partial charge in [0.2, 0.25) is 0 Å². The van der Waals surface area contributed by atoms with E-state index in [1.165, 1.54) is 6.42 Å². The molecule has 4 nitrogen and oxygen atoms in total. The lowest BCUT2D eigenvalue weighted by Crippen LogP contribution is -2.35. The smallest absolute Gasteiger partial charge is 0.356 e. The number of anilines is 1. The quantitative estimate of drug-likeness (QED) is 0.882. The van der Waals surface area contributed by atoms with Crippen molar-refractivity contribution in [1.29, 1.82) is 0 Å². The van der Waals surface area contributed by atoms with Gasteiger partial charge in [0, 0.05) is 13.1 Å². The van der Waals surface area contributed by atoms with Crippen molar-refractivity contribution in [1.82, 2.24) is 4.98 Å². The summed E-state index contributed by atoms with van der Waals surface area (Å²) < 4.78 is 0. The number of aromatic carboxylic acids is 1. The second-order valence-electron chi connectivity index (χ2n) is 4.50. The fraction of sp³-hybridized carbons (Fsp3) is 0.500. The van der Waals surface area contributed by atoms with Crippen LogP contribution < -0.4 is 4.90 Å². The highest BCUT2D eigenvalue weighted by molar-refractivity contribution is 6.33. The summed E-state index contributed by atoms with van der Waals surface area (Å²) in [7, 11) is 0. The maximum atomic E-state index is 11.0. The average molecular weight is 255 g/mol. The summed E-state index contributed by atoms with van der Waals surface area (Å²) in [4.78, 5) is 17.2. The third kappa shape index (κ3) is 2.69. The van der Waals surface area contributed by atoms with Crippen LogP contribution in [0.5, 0.6) is 0 Å². The fourth-order valence-electron chi connectivity index (χ4n) is 2.16. The van der Waals surface area contributed by atoms with Gasteiger partial charge < -0.3 is 10.0 Å². The van der Waals surface area contributed by atoms with Crippen molar-refractivity contribution in [2.75, 3.05) is 18.0 Å². The number of halogens is 1. The molecule has 0 amide bonds. The summed E-state index contributed by atoms with van der Waals surface area (Å²) in [5.74, 6) is 0.245. The van der Waals surface area contributed by atoms with Crippen molar-refractivity contribution >= 4 is 23.4 Å². The van der Waals surface area contributed by atoms with Gasteiger partial charge in [0.1, 0.15) is 5.82 Å². The Hall–Kier alpha value is -1.29. The molecule has 1 fully saturated rings. The molecule has 1 saturated heterocycles. The second kappa shape index (κ2) is 4.92. The first-order valence-electron chi connectivity index (χ1n) is 5.72. The van der Waals surface area contributed by atoms with Crippen molar-refractivity contribution < 1.29 is 9.90 Å². The molecule has 17 heavy (non-hydrogen) atoms. The third-order valence-electron chi connectivity index (χ3n) is 3.01. The van der Waals surface area contributed by atoms with Crippen LogP contribution in [0, 0.1) is 5.92 Å². The number of rotatable bonds is 2. The molecule has 92 valence electrons. The molecule has 0 spiro atoms. The maximum Gasteiger partial charge on any atom is 0.356 e. The summed E-state index contributed by atoms with van der Waals surface area (Å²) >= 11 is 5.80. The Morgan fingerprint density at radius 1 is 1.59 bits per heavy atom. The van der Waals surface area contributed by atoms with Crippen molar-refractivity contribution in [3.05, 3.63) is 22.8 Å². The lowest BCUT2D eigenvalue weighted by molar-refractivity contribution is 0.0691. The minimum atomic E-state index is -1.08. The zero-order valence-corrected chi connectivity index (χ0v) is 10.4. The van der Waals surface area contributed by atoms with Crippen molar-refractivity contribution in [3.8, 4) is 0 Å². The third-order valence-corrected chi connectivity index (χ3v) is 3.32. The van der Waals surface area contributed by atoms with Gasteiger partial charge in [-0.25, -0.2) is 9.78 Å². The van der Waals surface area contributed by atoms with Gasteiger partial charge in [-0.2, -0.15) is 0 Å². The zero-order valence-electron chi connectivity index (χ0n) is 9.69. The van der Waals surface area contributed by atoms with Gasteiger partial charge in [-0.3, -0.25) is 0 Å². The van der Waals surface area contributed by atoms with Gasteiger partial charge in [-0.15, -0.1) is 0 Å². The number of hydrogen-bond donors (Lipinski definition) is 1. The normalized spacial score (nSPS) is 20.4. The molecule has 0 bridgehead atoms. The highest BCUT2D eigenvalue weighted by Gasteiger charge is 2.19. The largest absolute Gasteiger partial charge is 0.476 e. The molecule has 1 aromatic rings. The molecule has 1 unspecified atom stereocenters. The van der Waals surface area contributed by atoms with Crippen molar-refractivity contribution in [2.24, 2.45) is 5.92 Å². The van der Waals surface area contributed by atoms with E-state index in [2.05, 4.69) is 16.8 Å². The monoisotopic (exact) mass is 254 g/mol. The number of piperidine rings is 1. The zero-order chi connectivity index (χ0) is 12.4. The van der Waals surface area contributed by atoms with Gasteiger partial charge in [0.15, 0.2) is 5.69 Å². The fourth-order valence-corrected chi connectivity index (χ4v) is 2.34. The van der Waals surface area contributed by atoms with Crippen LogP contribution in [-0.2, 0) is 0 Å². The molecule has 0 saturated carbocycles. The summed E-state index contributed by atoms with van der Waals surface area (Å²) in [6, 6.07) is 3.39. The average Bonchev–Trinajstić information content (AvgIpc) is 2.29. The molecule has 2 heterocycles. The Bertz CT molecular complexity index is 437. The first-order valence-corrected chi connectivity index (χ1v) is 6.10. The van der Waals surface area contributed by atoms with Crippen LogP contribution in [-0.4, -0.2) is 29.1 Å². The van der Waals surface area contributed by atoms with Crippen LogP contribution in [0.3, 0.4) is 0 Å². The highest BCUT2D eigenvalue weighted by atomic mass is 35.5. The van der Waals surface area contributed by atoms with E-state index >= 15 is 0 Å². The molecule has 0 aromatic carbocycles. The van der Waals surface area contributed by atoms with E-state index < -0.39 is 5.97 Å². The number of carboxylic acid groups (broad SMARTS) is 1. The second-order valence-corrected chi connectivity index (χ2v) is 4.91. The van der Waals surface area contributed by atoms with E-state index in [4.69, 9.17) is 16.7 Å². The minimum Gasteiger partial charge on any atom is -0.476 e. The van der Waals surface area contributed by atoms with Crippen molar-refractivity contribution in [3.63, 3.8) is 0 Å². The number of carboxylic acids is 1. The van der Waals surface area contributed by atoms with E-state index in [0.29, 0.717) is 11.7 Å². The first-order chi connectivity index (χ1) is 8.08. The molecule has 5 heteroatoms. The molecule has 1 N–H and O–H groups in total. The predicted molar refractivity (Wildman–Crippen MR) is 66.8 cm³/mol. The number of hydrogen-bond acceptors (Lipinski definition) is 3. The molecular formula is C12H15ClN2O2. The minimum absolute atomic E-state index is 0.0672. The molecule has 1 aliphatic rings. The maximum absolute atomic E-state index is 11.0. The van der Waals surface area contributed by atoms with E-state index in [-0.39, 0.29) is 10.7 Å². The van der Waals surface area contributed by atoms with Crippen molar-refractivity contribution in [2.45, 2.75) is 19.8 Å². The lowest BCUT2D eigenvalue weighted by atomic mass is 10.0. The van der Waals surface area contributed by atoms with E-state index in [1.54, 1.807) is 12.1 Å². The van der Waals surface area contributed by atoms with Crippen LogP contribution >= 0.6 is 11.6 Å². The molecule has 1 aliphatic heterocycles. The Labute approximate surface area is 105 Å². The molecule has 1 aromatic heterocycles. The Morgan fingerprint density at radius 3 is 3.00 bits per heavy atom. The van der Waals surface area contributed by atoms with Crippen LogP contribution in [0.15, 0.2) is 12.1 Å². The summed E-state index contributed by atoms with van der Waals surface area (Å²) in [6.07, 6.45) is 2.34. The highest BCUT2D eigenvalue weighted by Crippen LogP contribution is 2.24. The van der Waals surface area contributed by atoms with Gasteiger partial charge >= 0.3 is 5.97 Å². The Balaban J connectivity index is 2.26. The number of nitrogens with zero attached hydrogens (tertiary/aromatic N) is 2. The number of carbonyl (C=O) groups is 1. The van der Waals surface area contributed by atoms with E-state index in [0.717, 1.165) is 19.5 Å². The molecule has 1 atom stereocenters. The van der Waals surface area contributed by atoms with Gasteiger partial charge in [-0.05, 0) is 30.9 Å². The molecule has 2 rings (SSSR count). The van der Waals surface area contributed by atoms with Crippen LogP contribution in [0.2, 0.25) is 5.02 Å². The summed E-state index contributed by atoms with van der Waals surface area (Å²) in [5.41, 5.74) is -0.0672. The Morgan fingerprint density at radius 2 is 2.35 bits per heavy atom. The van der Waals surface area contributed by atoms with Crippen LogP contribution in [0.1, 0.15) is 30.3 Å². The molecule has 0 radical (unpaired) electrons. The van der Waals surface area contributed by atoms with Gasteiger partial charge in [-0.1, -0.05) is 18.5 Å². The summed E-state index contributed by atoms with van der Waals surface area (Å²) in [6.45, 7) is 4.05.